The van der Waals surface area contributed by atoms with Crippen molar-refractivity contribution < 1.29 is 19.2 Å². The third-order valence-corrected chi connectivity index (χ3v) is 4.50. The fourth-order valence-corrected chi connectivity index (χ4v) is 3.07. The van der Waals surface area contributed by atoms with Gasteiger partial charge in [-0.15, -0.1) is 0 Å². The van der Waals surface area contributed by atoms with Crippen molar-refractivity contribution in [1.29, 1.82) is 0 Å². The lowest BCUT2D eigenvalue weighted by molar-refractivity contribution is -0.136. The summed E-state index contributed by atoms with van der Waals surface area (Å²) in [6.07, 6.45) is 9.86. The van der Waals surface area contributed by atoms with Crippen LogP contribution in [-0.2, 0) is 25.6 Å². The molecule has 0 saturated carbocycles. The number of imide groups is 2. The Kier molecular flexibility index (Phi) is 5.41. The Hall–Kier alpha value is -3.02. The molecule has 0 atom stereocenters. The van der Waals surface area contributed by atoms with Gasteiger partial charge in [-0.2, -0.15) is 0 Å². The fraction of sp³-hybridized carbons (Fsp3) is 0.300. The second-order valence-electron chi connectivity index (χ2n) is 6.34. The zero-order valence-electron chi connectivity index (χ0n) is 14.4. The van der Waals surface area contributed by atoms with Crippen molar-refractivity contribution in [1.82, 2.24) is 4.90 Å². The fourth-order valence-electron chi connectivity index (χ4n) is 3.07. The Bertz CT molecular complexity index is 757. The number of carbonyl (C=O) groups excluding carboxylic acids is 4. The molecule has 0 fully saturated rings. The van der Waals surface area contributed by atoms with Crippen LogP contribution in [0.1, 0.15) is 31.2 Å². The highest BCUT2D eigenvalue weighted by Gasteiger charge is 2.24. The van der Waals surface area contributed by atoms with Crippen LogP contribution >= 0.6 is 0 Å². The van der Waals surface area contributed by atoms with E-state index in [1.54, 1.807) is 12.1 Å². The van der Waals surface area contributed by atoms with E-state index in [0.29, 0.717) is 12.2 Å². The van der Waals surface area contributed by atoms with Crippen LogP contribution in [0.3, 0.4) is 0 Å². The summed E-state index contributed by atoms with van der Waals surface area (Å²) < 4.78 is 0. The summed E-state index contributed by atoms with van der Waals surface area (Å²) >= 11 is 0. The highest BCUT2D eigenvalue weighted by Crippen LogP contribution is 2.20. The average Bonchev–Trinajstić information content (AvgIpc) is 3.14. The molecule has 134 valence electrons. The number of benzene rings is 1. The van der Waals surface area contributed by atoms with Gasteiger partial charge >= 0.3 is 0 Å². The monoisotopic (exact) mass is 352 g/mol. The first kappa shape index (κ1) is 17.8. The van der Waals surface area contributed by atoms with E-state index in [-0.39, 0.29) is 23.6 Å². The van der Waals surface area contributed by atoms with Gasteiger partial charge in [0.2, 0.25) is 0 Å². The van der Waals surface area contributed by atoms with E-state index in [1.807, 2.05) is 12.1 Å². The van der Waals surface area contributed by atoms with Crippen LogP contribution < -0.4 is 4.90 Å². The van der Waals surface area contributed by atoms with E-state index in [9.17, 15) is 19.2 Å². The zero-order valence-corrected chi connectivity index (χ0v) is 14.4. The second-order valence-corrected chi connectivity index (χ2v) is 6.34. The van der Waals surface area contributed by atoms with E-state index in [2.05, 4.69) is 0 Å². The van der Waals surface area contributed by atoms with Gasteiger partial charge in [0, 0.05) is 30.8 Å². The standard InChI is InChI=1S/C20H20N2O4/c23-17-10-11-18(24)21(17)14-4-2-1-3-5-15-6-8-16(9-7-15)22-19(25)12-13-20(22)26/h6-13H,1-5,14H2. The van der Waals surface area contributed by atoms with Crippen LogP contribution in [0.5, 0.6) is 0 Å². The Morgan fingerprint density at radius 1 is 0.615 bits per heavy atom. The molecule has 6 nitrogen and oxygen atoms in total. The molecule has 0 bridgehead atoms. The van der Waals surface area contributed by atoms with Crippen molar-refractivity contribution in [2.24, 2.45) is 0 Å². The summed E-state index contributed by atoms with van der Waals surface area (Å²) in [5, 5.41) is 0. The van der Waals surface area contributed by atoms with Crippen LogP contribution in [0.25, 0.3) is 0 Å². The maximum atomic E-state index is 11.6. The molecular weight excluding hydrogens is 332 g/mol. The maximum Gasteiger partial charge on any atom is 0.258 e. The zero-order chi connectivity index (χ0) is 18.5. The first-order valence-corrected chi connectivity index (χ1v) is 8.75. The van der Waals surface area contributed by atoms with Crippen LogP contribution in [-0.4, -0.2) is 35.1 Å². The second kappa shape index (κ2) is 7.91. The molecule has 3 rings (SSSR count). The predicted molar refractivity (Wildman–Crippen MR) is 96.1 cm³/mol. The molecule has 0 radical (unpaired) electrons. The lowest BCUT2D eigenvalue weighted by Gasteiger charge is -2.14. The summed E-state index contributed by atoms with van der Waals surface area (Å²) in [5.74, 6) is -1.07. The van der Waals surface area contributed by atoms with Gasteiger partial charge in [0.05, 0.1) is 5.69 Å². The maximum absolute atomic E-state index is 11.6. The van der Waals surface area contributed by atoms with E-state index in [4.69, 9.17) is 0 Å². The van der Waals surface area contributed by atoms with Gasteiger partial charge in [0.15, 0.2) is 0 Å². The highest BCUT2D eigenvalue weighted by atomic mass is 16.2. The Morgan fingerprint density at radius 3 is 1.77 bits per heavy atom. The molecule has 2 heterocycles. The third kappa shape index (κ3) is 3.96. The minimum Gasteiger partial charge on any atom is -0.275 e. The number of hydrogen-bond acceptors (Lipinski definition) is 4. The molecule has 0 saturated heterocycles. The summed E-state index contributed by atoms with van der Waals surface area (Å²) in [5.41, 5.74) is 1.73. The van der Waals surface area contributed by atoms with Crippen LogP contribution in [0, 0.1) is 0 Å². The molecule has 26 heavy (non-hydrogen) atoms. The van der Waals surface area contributed by atoms with Crippen LogP contribution in [0.4, 0.5) is 5.69 Å². The summed E-state index contributed by atoms with van der Waals surface area (Å²) in [4.78, 5) is 48.6. The SMILES string of the molecule is O=C1C=CC(=O)N1CCCCCCc1ccc(N2C(=O)C=CC2=O)cc1. The molecule has 0 unspecified atom stereocenters. The number of rotatable bonds is 8. The number of hydrogen-bond donors (Lipinski definition) is 0. The van der Waals surface area contributed by atoms with E-state index >= 15 is 0 Å². The van der Waals surface area contributed by atoms with Crippen molar-refractivity contribution in [3.05, 3.63) is 54.1 Å². The van der Waals surface area contributed by atoms with Crippen molar-refractivity contribution in [3.8, 4) is 0 Å². The van der Waals surface area contributed by atoms with E-state index in [0.717, 1.165) is 42.6 Å². The van der Waals surface area contributed by atoms with Gasteiger partial charge in [0.1, 0.15) is 0 Å². The number of anilines is 1. The van der Waals surface area contributed by atoms with Gasteiger partial charge < -0.3 is 0 Å². The molecule has 0 N–H and O–H groups in total. The Balaban J connectivity index is 1.36. The Labute approximate surface area is 151 Å². The number of carbonyl (C=O) groups is 4. The number of amides is 4. The molecule has 2 aliphatic heterocycles. The molecule has 0 spiro atoms. The van der Waals surface area contributed by atoms with E-state index < -0.39 is 0 Å². The minimum absolute atomic E-state index is 0.222. The van der Waals surface area contributed by atoms with Gasteiger partial charge in [0.25, 0.3) is 23.6 Å². The van der Waals surface area contributed by atoms with Gasteiger partial charge in [-0.1, -0.05) is 25.0 Å². The molecule has 1 aromatic carbocycles. The lowest BCUT2D eigenvalue weighted by Crippen LogP contribution is -2.30. The molecule has 4 amide bonds. The quantitative estimate of drug-likeness (QED) is 0.531. The van der Waals surface area contributed by atoms with Crippen molar-refractivity contribution >= 4 is 29.3 Å². The topological polar surface area (TPSA) is 74.8 Å². The van der Waals surface area contributed by atoms with Gasteiger partial charge in [-0.05, 0) is 37.0 Å². The average molecular weight is 352 g/mol. The summed E-state index contributed by atoms with van der Waals surface area (Å²) in [6.45, 7) is 0.477. The third-order valence-electron chi connectivity index (χ3n) is 4.50. The summed E-state index contributed by atoms with van der Waals surface area (Å²) in [7, 11) is 0. The smallest absolute Gasteiger partial charge is 0.258 e. The largest absolute Gasteiger partial charge is 0.275 e. The highest BCUT2D eigenvalue weighted by molar-refractivity contribution is 6.28. The minimum atomic E-state index is -0.312. The predicted octanol–water partition coefficient (Wildman–Crippen LogP) is 2.14. The van der Waals surface area contributed by atoms with Crippen LogP contribution in [0.15, 0.2) is 48.6 Å². The normalized spacial score (nSPS) is 16.5. The van der Waals surface area contributed by atoms with Crippen LogP contribution in [0.2, 0.25) is 0 Å². The number of unbranched alkanes of at least 4 members (excludes halogenated alkanes) is 3. The lowest BCUT2D eigenvalue weighted by atomic mass is 10.1. The first-order valence-electron chi connectivity index (χ1n) is 8.75. The molecule has 0 aliphatic carbocycles. The molecule has 1 aromatic rings. The molecular formula is C20H20N2O4. The molecule has 0 aromatic heterocycles. The van der Waals surface area contributed by atoms with E-state index in [1.165, 1.54) is 29.2 Å². The van der Waals surface area contributed by atoms with Crippen molar-refractivity contribution in [3.63, 3.8) is 0 Å². The van der Waals surface area contributed by atoms with Crippen molar-refractivity contribution in [2.75, 3.05) is 11.4 Å². The van der Waals surface area contributed by atoms with Crippen molar-refractivity contribution in [2.45, 2.75) is 32.1 Å². The Morgan fingerprint density at radius 2 is 1.15 bits per heavy atom. The number of nitrogens with zero attached hydrogens (tertiary/aromatic N) is 2. The van der Waals surface area contributed by atoms with Gasteiger partial charge in [-0.3, -0.25) is 24.1 Å². The summed E-state index contributed by atoms with van der Waals surface area (Å²) in [6, 6.07) is 7.44. The number of aryl methyl sites for hydroxylation is 1. The van der Waals surface area contributed by atoms with Gasteiger partial charge in [-0.25, -0.2) is 4.90 Å². The molecule has 2 aliphatic rings. The molecule has 6 heteroatoms. The first-order chi connectivity index (χ1) is 12.6.